The predicted octanol–water partition coefficient (Wildman–Crippen LogP) is 5.91. The Labute approximate surface area is 218 Å². The summed E-state index contributed by atoms with van der Waals surface area (Å²) in [5.41, 5.74) is 1.11. The Morgan fingerprint density at radius 1 is 1.00 bits per heavy atom. The van der Waals surface area contributed by atoms with Gasteiger partial charge < -0.3 is 20.3 Å². The van der Waals surface area contributed by atoms with E-state index in [0.29, 0.717) is 13.1 Å². The van der Waals surface area contributed by atoms with Crippen molar-refractivity contribution in [2.45, 2.75) is 112 Å². The Balaban J connectivity index is 3.40. The van der Waals surface area contributed by atoms with Crippen molar-refractivity contribution in [1.29, 1.82) is 0 Å². The zero-order chi connectivity index (χ0) is 27.3. The number of ether oxygens (including phenoxy) is 1. The van der Waals surface area contributed by atoms with Crippen LogP contribution in [-0.4, -0.2) is 47.5 Å². The first-order chi connectivity index (χ1) is 16.9. The van der Waals surface area contributed by atoms with Crippen molar-refractivity contribution < 1.29 is 19.1 Å². The highest BCUT2D eigenvalue weighted by molar-refractivity contribution is 5.92. The molecular weight excluding hydrogens is 454 g/mol. The minimum absolute atomic E-state index is 0.190. The van der Waals surface area contributed by atoms with Gasteiger partial charge in [0.1, 0.15) is 17.7 Å². The molecule has 2 unspecified atom stereocenters. The van der Waals surface area contributed by atoms with Gasteiger partial charge in [0.25, 0.3) is 0 Å². The number of carbonyl (C=O) groups excluding carboxylic acids is 3. The van der Waals surface area contributed by atoms with Crippen LogP contribution in [0.15, 0.2) is 24.3 Å². The summed E-state index contributed by atoms with van der Waals surface area (Å²) in [5.74, 6) is -0.661. The summed E-state index contributed by atoms with van der Waals surface area (Å²) in [5, 5.41) is 5.81. The molecule has 0 aliphatic heterocycles. The number of alkyl carbamates (subject to hydrolysis) is 1. The van der Waals surface area contributed by atoms with Gasteiger partial charge in [-0.15, -0.1) is 0 Å². The molecular formula is C29H49N3O4. The fourth-order valence-electron chi connectivity index (χ4n) is 4.00. The molecule has 0 saturated heterocycles. The molecule has 2 N–H and O–H groups in total. The Bertz CT molecular complexity index is 832. The van der Waals surface area contributed by atoms with E-state index in [2.05, 4.69) is 24.5 Å². The summed E-state index contributed by atoms with van der Waals surface area (Å²) in [6.07, 6.45) is 5.06. The SMILES string of the molecule is CCCCCCN(C(=O)C(NC(=O)OC(C)(C)C)C(C)C)C(C(=O)NCCCC)c1cccc(C)c1. The lowest BCUT2D eigenvalue weighted by Crippen LogP contribution is -2.55. The molecule has 1 aromatic carbocycles. The fraction of sp³-hybridized carbons (Fsp3) is 0.690. The molecule has 0 aromatic heterocycles. The average molecular weight is 504 g/mol. The smallest absolute Gasteiger partial charge is 0.408 e. The van der Waals surface area contributed by atoms with Gasteiger partial charge in [-0.05, 0) is 52.0 Å². The molecule has 3 amide bonds. The zero-order valence-electron chi connectivity index (χ0n) is 23.8. The third-order valence-electron chi connectivity index (χ3n) is 5.89. The number of hydrogen-bond acceptors (Lipinski definition) is 4. The van der Waals surface area contributed by atoms with Crippen LogP contribution in [-0.2, 0) is 14.3 Å². The number of carbonyl (C=O) groups is 3. The van der Waals surface area contributed by atoms with Crippen LogP contribution < -0.4 is 10.6 Å². The summed E-state index contributed by atoms with van der Waals surface area (Å²) in [7, 11) is 0. The molecule has 204 valence electrons. The van der Waals surface area contributed by atoms with E-state index in [1.165, 1.54) is 0 Å². The molecule has 0 saturated carbocycles. The van der Waals surface area contributed by atoms with E-state index in [1.807, 2.05) is 45.0 Å². The van der Waals surface area contributed by atoms with E-state index in [4.69, 9.17) is 4.74 Å². The Hall–Kier alpha value is -2.57. The van der Waals surface area contributed by atoms with Crippen LogP contribution >= 0.6 is 0 Å². The van der Waals surface area contributed by atoms with Crippen LogP contribution in [0.4, 0.5) is 4.79 Å². The van der Waals surface area contributed by atoms with E-state index in [1.54, 1.807) is 25.7 Å². The lowest BCUT2D eigenvalue weighted by Gasteiger charge is -2.35. The number of rotatable bonds is 14. The number of nitrogens with one attached hydrogen (secondary N) is 2. The number of benzene rings is 1. The topological polar surface area (TPSA) is 87.7 Å². The summed E-state index contributed by atoms with van der Waals surface area (Å²) < 4.78 is 5.44. The van der Waals surface area contributed by atoms with E-state index in [0.717, 1.165) is 49.7 Å². The molecule has 36 heavy (non-hydrogen) atoms. The maximum absolute atomic E-state index is 14.1. The molecule has 7 nitrogen and oxygen atoms in total. The molecule has 0 bridgehead atoms. The third-order valence-corrected chi connectivity index (χ3v) is 5.89. The van der Waals surface area contributed by atoms with Gasteiger partial charge >= 0.3 is 6.09 Å². The summed E-state index contributed by atoms with van der Waals surface area (Å²) in [6.45, 7) is 16.3. The molecule has 2 atom stereocenters. The summed E-state index contributed by atoms with van der Waals surface area (Å²) >= 11 is 0. The Morgan fingerprint density at radius 2 is 1.67 bits per heavy atom. The minimum atomic E-state index is -0.818. The second-order valence-electron chi connectivity index (χ2n) is 10.9. The second-order valence-corrected chi connectivity index (χ2v) is 10.9. The first-order valence-corrected chi connectivity index (χ1v) is 13.6. The van der Waals surface area contributed by atoms with Crippen LogP contribution in [0.1, 0.15) is 104 Å². The molecule has 1 rings (SSSR count). The molecule has 7 heteroatoms. The van der Waals surface area contributed by atoms with Crippen molar-refractivity contribution in [2.75, 3.05) is 13.1 Å². The van der Waals surface area contributed by atoms with Crippen LogP contribution in [0.3, 0.4) is 0 Å². The van der Waals surface area contributed by atoms with Gasteiger partial charge in [-0.2, -0.15) is 0 Å². The Morgan fingerprint density at radius 3 is 2.22 bits per heavy atom. The first-order valence-electron chi connectivity index (χ1n) is 13.6. The van der Waals surface area contributed by atoms with Gasteiger partial charge in [0, 0.05) is 13.1 Å². The molecule has 0 radical (unpaired) electrons. The standard InChI is InChI=1S/C29H49N3O4/c1-9-11-13-14-19-32(27(34)24(21(3)4)31-28(35)36-29(6,7)8)25(26(33)30-18-12-10-2)23-17-15-16-22(5)20-23/h15-17,20-21,24-25H,9-14,18-19H2,1-8H3,(H,30,33)(H,31,35). The normalized spacial score (nSPS) is 13.1. The van der Waals surface area contributed by atoms with Crippen molar-refractivity contribution in [1.82, 2.24) is 15.5 Å². The van der Waals surface area contributed by atoms with Gasteiger partial charge in [0.15, 0.2) is 0 Å². The molecule has 0 fully saturated rings. The molecule has 0 heterocycles. The van der Waals surface area contributed by atoms with Crippen LogP contribution in [0.25, 0.3) is 0 Å². The summed E-state index contributed by atoms with van der Waals surface area (Å²) in [6, 6.07) is 6.15. The zero-order valence-corrected chi connectivity index (χ0v) is 23.8. The quantitative estimate of drug-likeness (QED) is 0.309. The van der Waals surface area contributed by atoms with Crippen molar-refractivity contribution in [3.63, 3.8) is 0 Å². The minimum Gasteiger partial charge on any atom is -0.444 e. The number of amides is 3. The van der Waals surface area contributed by atoms with Crippen LogP contribution in [0.2, 0.25) is 0 Å². The maximum Gasteiger partial charge on any atom is 0.408 e. The lowest BCUT2D eigenvalue weighted by molar-refractivity contribution is -0.143. The van der Waals surface area contributed by atoms with Gasteiger partial charge in [-0.25, -0.2) is 4.79 Å². The molecule has 0 aliphatic rings. The number of unbranched alkanes of at least 4 members (excludes halogenated alkanes) is 4. The van der Waals surface area contributed by atoms with Gasteiger partial charge in [-0.1, -0.05) is 83.2 Å². The van der Waals surface area contributed by atoms with E-state index >= 15 is 0 Å². The molecule has 0 aliphatic carbocycles. The number of nitrogens with zero attached hydrogens (tertiary/aromatic N) is 1. The average Bonchev–Trinajstić information content (AvgIpc) is 2.77. The highest BCUT2D eigenvalue weighted by atomic mass is 16.6. The monoisotopic (exact) mass is 503 g/mol. The Kier molecular flexibility index (Phi) is 13.6. The highest BCUT2D eigenvalue weighted by Crippen LogP contribution is 2.25. The van der Waals surface area contributed by atoms with Crippen molar-refractivity contribution in [3.05, 3.63) is 35.4 Å². The van der Waals surface area contributed by atoms with Crippen LogP contribution in [0.5, 0.6) is 0 Å². The lowest BCUT2D eigenvalue weighted by atomic mass is 9.97. The first kappa shape index (κ1) is 31.5. The number of hydrogen-bond donors (Lipinski definition) is 2. The number of aryl methyl sites for hydroxylation is 1. The fourth-order valence-corrected chi connectivity index (χ4v) is 4.00. The van der Waals surface area contributed by atoms with E-state index in [9.17, 15) is 14.4 Å². The maximum atomic E-state index is 14.1. The molecule has 1 aromatic rings. The van der Waals surface area contributed by atoms with E-state index in [-0.39, 0.29) is 17.7 Å². The van der Waals surface area contributed by atoms with E-state index < -0.39 is 23.8 Å². The van der Waals surface area contributed by atoms with Gasteiger partial charge in [-0.3, -0.25) is 9.59 Å². The van der Waals surface area contributed by atoms with Gasteiger partial charge in [0.2, 0.25) is 11.8 Å². The largest absolute Gasteiger partial charge is 0.444 e. The van der Waals surface area contributed by atoms with Gasteiger partial charge in [0.05, 0.1) is 0 Å². The second kappa shape index (κ2) is 15.5. The van der Waals surface area contributed by atoms with Crippen molar-refractivity contribution in [2.24, 2.45) is 5.92 Å². The summed E-state index contributed by atoms with van der Waals surface area (Å²) in [4.78, 5) is 41.9. The highest BCUT2D eigenvalue weighted by Gasteiger charge is 2.37. The van der Waals surface area contributed by atoms with Crippen molar-refractivity contribution in [3.8, 4) is 0 Å². The molecule has 0 spiro atoms. The van der Waals surface area contributed by atoms with Crippen molar-refractivity contribution >= 4 is 17.9 Å². The third kappa shape index (κ3) is 11.0. The van der Waals surface area contributed by atoms with Crippen LogP contribution in [0, 0.1) is 12.8 Å². The predicted molar refractivity (Wildman–Crippen MR) is 146 cm³/mol.